The molecule has 0 amide bonds. The first-order valence-corrected chi connectivity index (χ1v) is 7.72. The zero-order chi connectivity index (χ0) is 13.8. The quantitative estimate of drug-likeness (QED) is 0.369. The highest BCUT2D eigenvalue weighted by Gasteiger charge is 1.94. The monoisotopic (exact) mass is 260 g/mol. The Labute approximate surface area is 118 Å². The molecule has 0 N–H and O–H groups in total. The molecule has 1 aromatic carbocycles. The Hall–Kier alpha value is -1.24. The molecule has 106 valence electrons. The average Bonchev–Trinajstić information content (AvgIpc) is 2.43. The van der Waals surface area contributed by atoms with Gasteiger partial charge in [0.25, 0.3) is 0 Å². The summed E-state index contributed by atoms with van der Waals surface area (Å²) in [5.41, 5.74) is 1.18. The smallest absolute Gasteiger partial charge is 0.129 e. The second kappa shape index (κ2) is 10.7. The Balaban J connectivity index is 2.01. The summed E-state index contributed by atoms with van der Waals surface area (Å²) in [7, 11) is 0. The maximum atomic E-state index is 5.62. The number of unbranched alkanes of at least 4 members (excludes halogenated alkanes) is 7. The highest BCUT2D eigenvalue weighted by atomic mass is 16.5. The van der Waals surface area contributed by atoms with Crippen molar-refractivity contribution in [2.45, 2.75) is 65.2 Å². The van der Waals surface area contributed by atoms with Gasteiger partial charge in [-0.3, -0.25) is 0 Å². The van der Waals surface area contributed by atoms with E-state index in [1.807, 2.05) is 24.5 Å². The molecule has 0 atom stereocenters. The van der Waals surface area contributed by atoms with Crippen molar-refractivity contribution in [3.63, 3.8) is 0 Å². The maximum absolute atomic E-state index is 5.62. The number of allylic oxidation sites excluding steroid dienone is 1. The van der Waals surface area contributed by atoms with Crippen LogP contribution in [0.25, 0.3) is 0 Å². The van der Waals surface area contributed by atoms with E-state index < -0.39 is 0 Å². The minimum Gasteiger partial charge on any atom is -0.465 e. The third-order valence-electron chi connectivity index (χ3n) is 3.36. The van der Waals surface area contributed by atoms with Gasteiger partial charge in [0.1, 0.15) is 5.75 Å². The van der Waals surface area contributed by atoms with Crippen LogP contribution in [0.5, 0.6) is 5.75 Å². The van der Waals surface area contributed by atoms with E-state index in [9.17, 15) is 0 Å². The van der Waals surface area contributed by atoms with Gasteiger partial charge in [0.15, 0.2) is 0 Å². The Morgan fingerprint density at radius 3 is 2.37 bits per heavy atom. The van der Waals surface area contributed by atoms with Crippen LogP contribution in [-0.4, -0.2) is 0 Å². The number of hydrogen-bond acceptors (Lipinski definition) is 1. The molecular weight excluding hydrogens is 232 g/mol. The molecule has 0 saturated carbocycles. The molecule has 0 unspecified atom stereocenters. The lowest BCUT2D eigenvalue weighted by molar-refractivity contribution is 0.474. The van der Waals surface area contributed by atoms with Gasteiger partial charge in [-0.25, -0.2) is 0 Å². The highest BCUT2D eigenvalue weighted by molar-refractivity contribution is 5.32. The molecule has 0 aliphatic heterocycles. The Morgan fingerprint density at radius 1 is 0.947 bits per heavy atom. The fourth-order valence-electron chi connectivity index (χ4n) is 2.10. The van der Waals surface area contributed by atoms with Crippen molar-refractivity contribution in [1.82, 2.24) is 0 Å². The lowest BCUT2D eigenvalue weighted by Crippen LogP contribution is -1.85. The summed E-state index contributed by atoms with van der Waals surface area (Å²) in [5.74, 6) is 0.957. The van der Waals surface area contributed by atoms with E-state index >= 15 is 0 Å². The van der Waals surface area contributed by atoms with Crippen molar-refractivity contribution in [2.75, 3.05) is 0 Å². The molecule has 0 spiro atoms. The Morgan fingerprint density at radius 2 is 1.63 bits per heavy atom. The molecule has 1 nitrogen and oxygen atoms in total. The molecule has 0 aliphatic carbocycles. The summed E-state index contributed by atoms with van der Waals surface area (Å²) in [6.07, 6.45) is 14.6. The van der Waals surface area contributed by atoms with Gasteiger partial charge in [-0.15, -0.1) is 0 Å². The van der Waals surface area contributed by atoms with Gasteiger partial charge in [-0.05, 0) is 37.5 Å². The maximum Gasteiger partial charge on any atom is 0.129 e. The molecule has 0 heterocycles. The van der Waals surface area contributed by atoms with E-state index in [0.29, 0.717) is 0 Å². The predicted octanol–water partition coefficient (Wildman–Crippen LogP) is 6.03. The Bertz CT molecular complexity index is 354. The Kier molecular flexibility index (Phi) is 8.87. The summed E-state index contributed by atoms with van der Waals surface area (Å²) in [6.45, 7) is 4.33. The molecule has 0 aromatic heterocycles. The number of ether oxygens (including phenoxy) is 1. The van der Waals surface area contributed by atoms with E-state index in [1.165, 1.54) is 50.5 Å². The number of hydrogen-bond donors (Lipinski definition) is 0. The number of para-hydroxylation sites is 1. The summed E-state index contributed by atoms with van der Waals surface area (Å²) in [5, 5.41) is 0. The van der Waals surface area contributed by atoms with Crippen molar-refractivity contribution >= 4 is 0 Å². The van der Waals surface area contributed by atoms with E-state index in [0.717, 1.165) is 12.2 Å². The third kappa shape index (κ3) is 7.71. The summed E-state index contributed by atoms with van der Waals surface area (Å²) < 4.78 is 5.62. The van der Waals surface area contributed by atoms with Gasteiger partial charge >= 0.3 is 0 Å². The normalized spacial score (nSPS) is 11.1. The van der Waals surface area contributed by atoms with Crippen LogP contribution in [-0.2, 0) is 0 Å². The van der Waals surface area contributed by atoms with Crippen LogP contribution < -0.4 is 4.74 Å². The molecule has 1 heteroatoms. The first kappa shape index (κ1) is 15.8. The van der Waals surface area contributed by atoms with Crippen LogP contribution in [0.2, 0.25) is 0 Å². The van der Waals surface area contributed by atoms with Crippen molar-refractivity contribution in [3.05, 3.63) is 42.2 Å². The predicted molar refractivity (Wildman–Crippen MR) is 83.6 cm³/mol. The van der Waals surface area contributed by atoms with Crippen molar-refractivity contribution in [3.8, 4) is 5.75 Å². The van der Waals surface area contributed by atoms with Crippen LogP contribution in [0.1, 0.15) is 63.9 Å². The van der Waals surface area contributed by atoms with Gasteiger partial charge in [0.2, 0.25) is 0 Å². The zero-order valence-corrected chi connectivity index (χ0v) is 12.5. The molecule has 19 heavy (non-hydrogen) atoms. The minimum atomic E-state index is 0.957. The molecule has 0 aliphatic rings. The SMILES string of the molecule is CCCCCCCCC/C=C/Oc1ccccc1C. The fourth-order valence-corrected chi connectivity index (χ4v) is 2.10. The lowest BCUT2D eigenvalue weighted by atomic mass is 10.1. The van der Waals surface area contributed by atoms with Gasteiger partial charge in [-0.2, -0.15) is 0 Å². The lowest BCUT2D eigenvalue weighted by Gasteiger charge is -2.03. The standard InChI is InChI=1S/C18H28O/c1-3-4-5-6-7-8-9-10-13-16-19-18-15-12-11-14-17(18)2/h11-16H,3-10H2,1-2H3/b16-13+. The van der Waals surface area contributed by atoms with Crippen LogP contribution in [0.3, 0.4) is 0 Å². The molecule has 1 rings (SSSR count). The molecule has 0 bridgehead atoms. The minimum absolute atomic E-state index is 0.957. The third-order valence-corrected chi connectivity index (χ3v) is 3.36. The molecule has 0 fully saturated rings. The topological polar surface area (TPSA) is 9.23 Å². The largest absolute Gasteiger partial charge is 0.465 e. The van der Waals surface area contributed by atoms with Crippen molar-refractivity contribution in [1.29, 1.82) is 0 Å². The summed E-state index contributed by atoms with van der Waals surface area (Å²) in [4.78, 5) is 0. The summed E-state index contributed by atoms with van der Waals surface area (Å²) >= 11 is 0. The first-order valence-electron chi connectivity index (χ1n) is 7.72. The molecular formula is C18H28O. The number of benzene rings is 1. The fraction of sp³-hybridized carbons (Fsp3) is 0.556. The van der Waals surface area contributed by atoms with E-state index in [2.05, 4.69) is 26.0 Å². The van der Waals surface area contributed by atoms with Gasteiger partial charge < -0.3 is 4.74 Å². The van der Waals surface area contributed by atoms with Gasteiger partial charge in [-0.1, -0.05) is 63.6 Å². The van der Waals surface area contributed by atoms with Crippen LogP contribution >= 0.6 is 0 Å². The van der Waals surface area contributed by atoms with Crippen LogP contribution in [0.4, 0.5) is 0 Å². The van der Waals surface area contributed by atoms with Crippen molar-refractivity contribution < 1.29 is 4.74 Å². The molecule has 0 saturated heterocycles. The molecule has 1 aromatic rings. The number of rotatable bonds is 10. The highest BCUT2D eigenvalue weighted by Crippen LogP contribution is 2.16. The van der Waals surface area contributed by atoms with Crippen molar-refractivity contribution in [2.24, 2.45) is 0 Å². The zero-order valence-electron chi connectivity index (χ0n) is 12.5. The van der Waals surface area contributed by atoms with Crippen LogP contribution in [0.15, 0.2) is 36.6 Å². The van der Waals surface area contributed by atoms with E-state index in [-0.39, 0.29) is 0 Å². The molecule has 0 radical (unpaired) electrons. The van der Waals surface area contributed by atoms with Crippen LogP contribution in [0, 0.1) is 6.92 Å². The second-order valence-corrected chi connectivity index (χ2v) is 5.17. The summed E-state index contributed by atoms with van der Waals surface area (Å²) in [6, 6.07) is 8.11. The van der Waals surface area contributed by atoms with Gasteiger partial charge in [0, 0.05) is 0 Å². The average molecular weight is 260 g/mol. The number of aryl methyl sites for hydroxylation is 1. The first-order chi connectivity index (χ1) is 9.34. The van der Waals surface area contributed by atoms with E-state index in [4.69, 9.17) is 4.74 Å². The van der Waals surface area contributed by atoms with Gasteiger partial charge in [0.05, 0.1) is 6.26 Å². The van der Waals surface area contributed by atoms with E-state index in [1.54, 1.807) is 0 Å². The second-order valence-electron chi connectivity index (χ2n) is 5.17.